The summed E-state index contributed by atoms with van der Waals surface area (Å²) >= 11 is 0. The second-order valence-electron chi connectivity index (χ2n) is 2.53. The molecular weight excluding hydrogens is 159 g/mol. The van der Waals surface area contributed by atoms with Crippen LogP contribution in [0.15, 0.2) is 12.1 Å². The molecule has 0 atom stereocenters. The third kappa shape index (κ3) is 1.37. The fourth-order valence-electron chi connectivity index (χ4n) is 0.956. The van der Waals surface area contributed by atoms with E-state index in [0.717, 1.165) is 12.1 Å². The summed E-state index contributed by atoms with van der Waals surface area (Å²) in [4.78, 5) is 10.7. The molecule has 0 aliphatic rings. The average molecular weight is 168 g/mol. The van der Waals surface area contributed by atoms with Gasteiger partial charge in [0.15, 0.2) is 0 Å². The van der Waals surface area contributed by atoms with Gasteiger partial charge in [-0.25, -0.2) is 4.39 Å². The number of hydrogen-bond donors (Lipinski definition) is 2. The number of nitrogens with two attached hydrogens (primary N) is 2. The first-order valence-corrected chi connectivity index (χ1v) is 3.38. The number of carbonyl (C=O) groups is 1. The lowest BCUT2D eigenvalue weighted by molar-refractivity contribution is 0.0999. The van der Waals surface area contributed by atoms with Crippen molar-refractivity contribution in [2.75, 3.05) is 5.73 Å². The summed E-state index contributed by atoms with van der Waals surface area (Å²) in [6.45, 7) is 1.62. The van der Waals surface area contributed by atoms with E-state index in [1.807, 2.05) is 0 Å². The SMILES string of the molecule is Cc1c(N)cc(F)cc1C(N)=O. The summed E-state index contributed by atoms with van der Waals surface area (Å²) in [5.74, 6) is -1.22. The summed E-state index contributed by atoms with van der Waals surface area (Å²) in [7, 11) is 0. The zero-order valence-corrected chi connectivity index (χ0v) is 6.60. The van der Waals surface area contributed by atoms with Gasteiger partial charge in [0.25, 0.3) is 0 Å². The number of carbonyl (C=O) groups excluding carboxylic acids is 1. The van der Waals surface area contributed by atoms with Crippen LogP contribution in [-0.4, -0.2) is 5.91 Å². The van der Waals surface area contributed by atoms with Crippen molar-refractivity contribution in [3.63, 3.8) is 0 Å². The lowest BCUT2D eigenvalue weighted by Gasteiger charge is -2.04. The third-order valence-electron chi connectivity index (χ3n) is 1.68. The number of amides is 1. The lowest BCUT2D eigenvalue weighted by atomic mass is 10.1. The highest BCUT2D eigenvalue weighted by Gasteiger charge is 2.08. The van der Waals surface area contributed by atoms with Crippen LogP contribution in [0.3, 0.4) is 0 Å². The van der Waals surface area contributed by atoms with Crippen molar-refractivity contribution in [1.29, 1.82) is 0 Å². The zero-order valence-electron chi connectivity index (χ0n) is 6.60. The first kappa shape index (κ1) is 8.52. The van der Waals surface area contributed by atoms with Crippen LogP contribution < -0.4 is 11.5 Å². The largest absolute Gasteiger partial charge is 0.398 e. The summed E-state index contributed by atoms with van der Waals surface area (Å²) in [5.41, 5.74) is 11.3. The minimum absolute atomic E-state index is 0.132. The van der Waals surface area contributed by atoms with Crippen molar-refractivity contribution < 1.29 is 9.18 Å². The first-order valence-electron chi connectivity index (χ1n) is 3.38. The molecular formula is C8H9FN2O. The highest BCUT2D eigenvalue weighted by molar-refractivity contribution is 5.95. The summed E-state index contributed by atoms with van der Waals surface area (Å²) in [6, 6.07) is 2.23. The highest BCUT2D eigenvalue weighted by Crippen LogP contribution is 2.17. The second-order valence-corrected chi connectivity index (χ2v) is 2.53. The molecule has 1 amide bonds. The Morgan fingerprint density at radius 3 is 2.58 bits per heavy atom. The quantitative estimate of drug-likeness (QED) is 0.609. The Morgan fingerprint density at radius 1 is 1.50 bits per heavy atom. The van der Waals surface area contributed by atoms with Gasteiger partial charge in [-0.05, 0) is 24.6 Å². The van der Waals surface area contributed by atoms with Crippen molar-refractivity contribution >= 4 is 11.6 Å². The molecule has 12 heavy (non-hydrogen) atoms. The predicted octanol–water partition coefficient (Wildman–Crippen LogP) is 0.815. The van der Waals surface area contributed by atoms with Crippen LogP contribution in [0.4, 0.5) is 10.1 Å². The molecule has 0 aliphatic carbocycles. The molecule has 1 rings (SSSR count). The summed E-state index contributed by atoms with van der Waals surface area (Å²) in [6.07, 6.45) is 0. The molecule has 0 aliphatic heterocycles. The summed E-state index contributed by atoms with van der Waals surface area (Å²) in [5, 5.41) is 0. The molecule has 0 spiro atoms. The van der Waals surface area contributed by atoms with Gasteiger partial charge in [0.05, 0.1) is 0 Å². The number of primary amides is 1. The lowest BCUT2D eigenvalue weighted by Crippen LogP contribution is -2.14. The van der Waals surface area contributed by atoms with Gasteiger partial charge in [0.1, 0.15) is 5.82 Å². The molecule has 1 aromatic carbocycles. The van der Waals surface area contributed by atoms with Crippen LogP contribution in [0.25, 0.3) is 0 Å². The van der Waals surface area contributed by atoms with E-state index in [2.05, 4.69) is 0 Å². The number of hydrogen-bond acceptors (Lipinski definition) is 2. The van der Waals surface area contributed by atoms with E-state index < -0.39 is 11.7 Å². The number of halogens is 1. The van der Waals surface area contributed by atoms with E-state index in [1.54, 1.807) is 6.92 Å². The maximum absolute atomic E-state index is 12.7. The maximum atomic E-state index is 12.7. The summed E-state index contributed by atoms with van der Waals surface area (Å²) < 4.78 is 12.7. The molecule has 0 saturated heterocycles. The van der Waals surface area contributed by atoms with Gasteiger partial charge < -0.3 is 11.5 Å². The fourth-order valence-corrected chi connectivity index (χ4v) is 0.956. The molecule has 4 N–H and O–H groups in total. The first-order chi connectivity index (χ1) is 5.52. The van der Waals surface area contributed by atoms with E-state index in [-0.39, 0.29) is 11.3 Å². The molecule has 0 saturated carbocycles. The van der Waals surface area contributed by atoms with E-state index in [9.17, 15) is 9.18 Å². The molecule has 0 unspecified atom stereocenters. The normalized spacial score (nSPS) is 9.83. The van der Waals surface area contributed by atoms with Crippen LogP contribution in [0, 0.1) is 12.7 Å². The monoisotopic (exact) mass is 168 g/mol. The van der Waals surface area contributed by atoms with Crippen molar-refractivity contribution in [2.45, 2.75) is 6.92 Å². The molecule has 0 fully saturated rings. The zero-order chi connectivity index (χ0) is 9.30. The number of anilines is 1. The number of benzene rings is 1. The van der Waals surface area contributed by atoms with Gasteiger partial charge in [0.2, 0.25) is 5.91 Å². The molecule has 4 heteroatoms. The molecule has 64 valence electrons. The molecule has 1 aromatic rings. The van der Waals surface area contributed by atoms with Crippen LogP contribution >= 0.6 is 0 Å². The van der Waals surface area contributed by atoms with Gasteiger partial charge in [-0.15, -0.1) is 0 Å². The fraction of sp³-hybridized carbons (Fsp3) is 0.125. The molecule has 3 nitrogen and oxygen atoms in total. The molecule has 0 aromatic heterocycles. The smallest absolute Gasteiger partial charge is 0.249 e. The van der Waals surface area contributed by atoms with E-state index in [1.165, 1.54) is 0 Å². The molecule has 0 heterocycles. The van der Waals surface area contributed by atoms with Crippen molar-refractivity contribution in [1.82, 2.24) is 0 Å². The Kier molecular flexibility index (Phi) is 1.99. The van der Waals surface area contributed by atoms with E-state index >= 15 is 0 Å². The van der Waals surface area contributed by atoms with Gasteiger partial charge in [-0.3, -0.25) is 4.79 Å². The Balaban J connectivity index is 3.37. The van der Waals surface area contributed by atoms with Gasteiger partial charge in [-0.2, -0.15) is 0 Å². The highest BCUT2D eigenvalue weighted by atomic mass is 19.1. The van der Waals surface area contributed by atoms with E-state index in [0.29, 0.717) is 5.56 Å². The molecule has 0 bridgehead atoms. The Labute approximate surface area is 69.2 Å². The van der Waals surface area contributed by atoms with Crippen LogP contribution in [0.5, 0.6) is 0 Å². The van der Waals surface area contributed by atoms with Crippen molar-refractivity contribution in [3.05, 3.63) is 29.1 Å². The number of rotatable bonds is 1. The van der Waals surface area contributed by atoms with Gasteiger partial charge >= 0.3 is 0 Å². The maximum Gasteiger partial charge on any atom is 0.249 e. The van der Waals surface area contributed by atoms with Crippen LogP contribution in [0.1, 0.15) is 15.9 Å². The topological polar surface area (TPSA) is 69.1 Å². The second kappa shape index (κ2) is 2.81. The van der Waals surface area contributed by atoms with Crippen molar-refractivity contribution in [2.24, 2.45) is 5.73 Å². The average Bonchev–Trinajstić information content (AvgIpc) is 1.96. The van der Waals surface area contributed by atoms with Crippen molar-refractivity contribution in [3.8, 4) is 0 Å². The van der Waals surface area contributed by atoms with Gasteiger partial charge in [-0.1, -0.05) is 0 Å². The predicted molar refractivity (Wildman–Crippen MR) is 44.1 cm³/mol. The third-order valence-corrected chi connectivity index (χ3v) is 1.68. The number of nitrogen functional groups attached to an aromatic ring is 1. The Bertz CT molecular complexity index is 336. The molecule has 0 radical (unpaired) electrons. The standard InChI is InChI=1S/C8H9FN2O/c1-4-6(8(11)12)2-5(9)3-7(4)10/h2-3H,10H2,1H3,(H2,11,12). The minimum atomic E-state index is -0.668. The minimum Gasteiger partial charge on any atom is -0.398 e. The van der Waals surface area contributed by atoms with E-state index in [4.69, 9.17) is 11.5 Å². The van der Waals surface area contributed by atoms with Crippen LogP contribution in [0.2, 0.25) is 0 Å². The van der Waals surface area contributed by atoms with Gasteiger partial charge in [0, 0.05) is 11.3 Å². The Morgan fingerprint density at radius 2 is 2.08 bits per heavy atom. The Hall–Kier alpha value is -1.58. The van der Waals surface area contributed by atoms with Crippen LogP contribution in [-0.2, 0) is 0 Å².